The van der Waals surface area contributed by atoms with Crippen molar-refractivity contribution < 1.29 is 9.59 Å². The molecule has 0 unspecified atom stereocenters. The van der Waals surface area contributed by atoms with Crippen molar-refractivity contribution in [1.29, 1.82) is 0 Å². The first-order valence-electron chi connectivity index (χ1n) is 4.42. The number of hydrogen-bond donors (Lipinski definition) is 0. The molecule has 1 saturated heterocycles. The van der Waals surface area contributed by atoms with Crippen molar-refractivity contribution in [1.82, 2.24) is 4.90 Å². The molecule has 0 bridgehead atoms. The Morgan fingerprint density at radius 2 is 2.21 bits per heavy atom. The van der Waals surface area contributed by atoms with Gasteiger partial charge in [-0.25, -0.2) is 0 Å². The lowest BCUT2D eigenvalue weighted by Gasteiger charge is -2.11. The molecule has 3 heteroatoms. The molecule has 1 heterocycles. The first kappa shape index (κ1) is 10.4. The van der Waals surface area contributed by atoms with E-state index in [2.05, 4.69) is 6.58 Å². The Hall–Kier alpha value is -1.64. The van der Waals surface area contributed by atoms with Gasteiger partial charge in [0.15, 0.2) is 0 Å². The zero-order valence-electron chi connectivity index (χ0n) is 8.41. The fourth-order valence-corrected chi connectivity index (χ4v) is 1.37. The first-order valence-corrected chi connectivity index (χ1v) is 4.42. The third kappa shape index (κ3) is 1.82. The monoisotopic (exact) mass is 191 g/mol. The van der Waals surface area contributed by atoms with Gasteiger partial charge >= 0.3 is 0 Å². The Morgan fingerprint density at radius 3 is 2.64 bits per heavy atom. The fraction of sp³-hybridized carbons (Fsp3) is 0.273. The molecule has 74 valence electrons. The van der Waals surface area contributed by atoms with E-state index in [-0.39, 0.29) is 18.2 Å². The lowest BCUT2D eigenvalue weighted by molar-refractivity contribution is -0.138. The number of rotatable bonds is 1. The standard InChI is InChI=1S/C11H13NO2/c1-4-5-6-10-7-11(14)12(8(10)2)9(3)13/h4-6H,2,7H2,1,3H3/b5-4-,10-6-. The summed E-state index contributed by atoms with van der Waals surface area (Å²) in [4.78, 5) is 23.6. The van der Waals surface area contributed by atoms with Crippen LogP contribution in [0, 0.1) is 0 Å². The fourth-order valence-electron chi connectivity index (χ4n) is 1.37. The zero-order chi connectivity index (χ0) is 10.7. The SMILES string of the molecule is C=C1/C(=C\C=C/C)CC(=O)N1C(C)=O. The molecule has 0 radical (unpaired) electrons. The highest BCUT2D eigenvalue weighted by atomic mass is 16.2. The Morgan fingerprint density at radius 1 is 1.57 bits per heavy atom. The minimum Gasteiger partial charge on any atom is -0.274 e. The predicted octanol–water partition coefficient (Wildman–Crippen LogP) is 1.78. The maximum atomic E-state index is 11.4. The third-order valence-corrected chi connectivity index (χ3v) is 2.04. The molecule has 0 aromatic carbocycles. The van der Waals surface area contributed by atoms with Crippen molar-refractivity contribution in [2.24, 2.45) is 0 Å². The van der Waals surface area contributed by atoms with Crippen LogP contribution in [0.25, 0.3) is 0 Å². The van der Waals surface area contributed by atoms with Gasteiger partial charge in [-0.2, -0.15) is 0 Å². The van der Waals surface area contributed by atoms with E-state index in [1.54, 1.807) is 0 Å². The zero-order valence-corrected chi connectivity index (χ0v) is 8.41. The minimum absolute atomic E-state index is 0.196. The quantitative estimate of drug-likeness (QED) is 0.633. The molecule has 0 saturated carbocycles. The molecule has 14 heavy (non-hydrogen) atoms. The van der Waals surface area contributed by atoms with Gasteiger partial charge < -0.3 is 0 Å². The summed E-state index contributed by atoms with van der Waals surface area (Å²) in [5.41, 5.74) is 1.31. The molecule has 1 aliphatic rings. The minimum atomic E-state index is -0.274. The number of amides is 2. The van der Waals surface area contributed by atoms with Crippen molar-refractivity contribution in [3.8, 4) is 0 Å². The highest BCUT2D eigenvalue weighted by molar-refractivity contribution is 6.01. The topological polar surface area (TPSA) is 37.4 Å². The highest BCUT2D eigenvalue weighted by Gasteiger charge is 2.31. The van der Waals surface area contributed by atoms with Crippen LogP contribution >= 0.6 is 0 Å². The van der Waals surface area contributed by atoms with Crippen LogP contribution < -0.4 is 0 Å². The second-order valence-corrected chi connectivity index (χ2v) is 3.09. The van der Waals surface area contributed by atoms with Gasteiger partial charge in [0, 0.05) is 12.6 Å². The van der Waals surface area contributed by atoms with E-state index < -0.39 is 0 Å². The number of allylic oxidation sites excluding steroid dienone is 4. The summed E-state index contributed by atoms with van der Waals surface area (Å²) in [6.07, 6.45) is 5.77. The first-order chi connectivity index (χ1) is 6.57. The molecule has 2 amide bonds. The van der Waals surface area contributed by atoms with Gasteiger partial charge in [0.1, 0.15) is 0 Å². The molecule has 1 aliphatic heterocycles. The molecule has 0 N–H and O–H groups in total. The van der Waals surface area contributed by atoms with Crippen LogP contribution in [0.15, 0.2) is 36.1 Å². The molecule has 0 aromatic rings. The summed E-state index contributed by atoms with van der Waals surface area (Å²) in [5.74, 6) is -0.470. The molecular weight excluding hydrogens is 178 g/mol. The molecule has 3 nitrogen and oxygen atoms in total. The number of imide groups is 1. The Labute approximate surface area is 83.4 Å². The molecule has 1 fully saturated rings. The van der Waals surface area contributed by atoms with Crippen LogP contribution in [-0.4, -0.2) is 16.7 Å². The summed E-state index contributed by atoms with van der Waals surface area (Å²) in [6.45, 7) is 6.97. The van der Waals surface area contributed by atoms with E-state index >= 15 is 0 Å². The van der Waals surface area contributed by atoms with Gasteiger partial charge in [0.2, 0.25) is 11.8 Å². The van der Waals surface area contributed by atoms with Gasteiger partial charge in [-0.05, 0) is 12.5 Å². The van der Waals surface area contributed by atoms with Crippen molar-refractivity contribution in [2.45, 2.75) is 20.3 Å². The van der Waals surface area contributed by atoms with E-state index in [4.69, 9.17) is 0 Å². The summed E-state index contributed by atoms with van der Waals surface area (Å²) < 4.78 is 0. The largest absolute Gasteiger partial charge is 0.274 e. The molecule has 0 aromatic heterocycles. The number of likely N-dealkylation sites (tertiary alicyclic amines) is 1. The molecule has 1 rings (SSSR count). The summed E-state index contributed by atoms with van der Waals surface area (Å²) in [7, 11) is 0. The number of carbonyl (C=O) groups excluding carboxylic acids is 2. The van der Waals surface area contributed by atoms with Crippen LogP contribution in [0.4, 0.5) is 0 Å². The number of carbonyl (C=O) groups is 2. The number of hydrogen-bond acceptors (Lipinski definition) is 2. The summed E-state index contributed by atoms with van der Waals surface area (Å²) in [5, 5.41) is 0. The molecular formula is C11H13NO2. The molecule has 0 spiro atoms. The average Bonchev–Trinajstić information content (AvgIpc) is 2.38. The average molecular weight is 191 g/mol. The van der Waals surface area contributed by atoms with Gasteiger partial charge in [0.25, 0.3) is 0 Å². The highest BCUT2D eigenvalue weighted by Crippen LogP contribution is 2.26. The van der Waals surface area contributed by atoms with Crippen molar-refractivity contribution in [2.75, 3.05) is 0 Å². The van der Waals surface area contributed by atoms with E-state index in [1.165, 1.54) is 6.92 Å². The van der Waals surface area contributed by atoms with E-state index in [0.29, 0.717) is 5.70 Å². The lowest BCUT2D eigenvalue weighted by atomic mass is 10.2. The molecule has 0 aliphatic carbocycles. The van der Waals surface area contributed by atoms with Crippen molar-refractivity contribution in [3.63, 3.8) is 0 Å². The second-order valence-electron chi connectivity index (χ2n) is 3.09. The van der Waals surface area contributed by atoms with Gasteiger partial charge in [-0.3, -0.25) is 14.5 Å². The van der Waals surface area contributed by atoms with Crippen molar-refractivity contribution >= 4 is 11.8 Å². The summed E-state index contributed by atoms with van der Waals surface area (Å²) >= 11 is 0. The third-order valence-electron chi connectivity index (χ3n) is 2.04. The van der Waals surface area contributed by atoms with Gasteiger partial charge in [-0.15, -0.1) is 0 Å². The predicted molar refractivity (Wildman–Crippen MR) is 54.2 cm³/mol. The van der Waals surface area contributed by atoms with Crippen LogP contribution in [-0.2, 0) is 9.59 Å². The maximum absolute atomic E-state index is 11.4. The van der Waals surface area contributed by atoms with E-state index in [0.717, 1.165) is 10.5 Å². The van der Waals surface area contributed by atoms with Gasteiger partial charge in [0.05, 0.1) is 6.42 Å². The summed E-state index contributed by atoms with van der Waals surface area (Å²) in [6, 6.07) is 0. The van der Waals surface area contributed by atoms with Crippen LogP contribution in [0.3, 0.4) is 0 Å². The normalized spacial score (nSPS) is 20.1. The Kier molecular flexibility index (Phi) is 3.02. The Balaban J connectivity index is 2.95. The Bertz CT molecular complexity index is 350. The van der Waals surface area contributed by atoms with Gasteiger partial charge in [-0.1, -0.05) is 24.8 Å². The number of nitrogens with zero attached hydrogens (tertiary/aromatic N) is 1. The smallest absolute Gasteiger partial charge is 0.238 e. The second kappa shape index (κ2) is 4.05. The molecule has 0 atom stereocenters. The van der Waals surface area contributed by atoms with E-state index in [1.807, 2.05) is 25.2 Å². The van der Waals surface area contributed by atoms with Crippen LogP contribution in [0.1, 0.15) is 20.3 Å². The van der Waals surface area contributed by atoms with Crippen LogP contribution in [0.2, 0.25) is 0 Å². The lowest BCUT2D eigenvalue weighted by Crippen LogP contribution is -2.27. The van der Waals surface area contributed by atoms with E-state index in [9.17, 15) is 9.59 Å². The van der Waals surface area contributed by atoms with Crippen molar-refractivity contribution in [3.05, 3.63) is 36.1 Å². The maximum Gasteiger partial charge on any atom is 0.238 e. The van der Waals surface area contributed by atoms with Crippen LogP contribution in [0.5, 0.6) is 0 Å².